The minimum atomic E-state index is -0.169. The Labute approximate surface area is 154 Å². The van der Waals surface area contributed by atoms with Gasteiger partial charge in [-0.15, -0.1) is 5.10 Å². The third-order valence-electron chi connectivity index (χ3n) is 3.99. The molecule has 8 heteroatoms. The van der Waals surface area contributed by atoms with Gasteiger partial charge in [0.15, 0.2) is 0 Å². The molecule has 134 valence electrons. The first-order valence-electron chi connectivity index (χ1n) is 8.33. The molecule has 0 bridgehead atoms. The van der Waals surface area contributed by atoms with Crippen molar-refractivity contribution in [3.8, 4) is 17.1 Å². The maximum absolute atomic E-state index is 12.3. The summed E-state index contributed by atoms with van der Waals surface area (Å²) >= 11 is 0. The minimum absolute atomic E-state index is 0.129. The Bertz CT molecular complexity index is 1060. The molecule has 0 radical (unpaired) electrons. The van der Waals surface area contributed by atoms with Crippen LogP contribution in [0, 0.1) is 6.92 Å². The van der Waals surface area contributed by atoms with Crippen LogP contribution in [-0.4, -0.2) is 31.1 Å². The van der Waals surface area contributed by atoms with Crippen LogP contribution in [-0.2, 0) is 11.2 Å². The van der Waals surface area contributed by atoms with E-state index in [1.165, 1.54) is 12.6 Å². The summed E-state index contributed by atoms with van der Waals surface area (Å²) in [6.45, 7) is 1.93. The number of anilines is 1. The van der Waals surface area contributed by atoms with Gasteiger partial charge in [0.05, 0.1) is 17.8 Å². The van der Waals surface area contributed by atoms with E-state index in [9.17, 15) is 4.79 Å². The molecule has 0 aliphatic rings. The Kier molecular flexibility index (Phi) is 4.44. The van der Waals surface area contributed by atoms with Gasteiger partial charge in [-0.05, 0) is 53.2 Å². The normalized spacial score (nSPS) is 10.7. The molecule has 8 nitrogen and oxygen atoms in total. The number of amides is 1. The number of nitrogens with zero attached hydrogens (tertiary/aromatic N) is 5. The van der Waals surface area contributed by atoms with E-state index in [0.717, 1.165) is 16.8 Å². The third-order valence-corrected chi connectivity index (χ3v) is 3.99. The van der Waals surface area contributed by atoms with Crippen LogP contribution in [0.15, 0.2) is 65.5 Å². The molecule has 1 N–H and O–H groups in total. The molecular weight excluding hydrogens is 344 g/mol. The molecule has 4 aromatic rings. The second kappa shape index (κ2) is 7.20. The molecule has 2 aromatic heterocycles. The Balaban J connectivity index is 1.43. The van der Waals surface area contributed by atoms with Gasteiger partial charge in [-0.1, -0.05) is 18.2 Å². The molecule has 0 aliphatic carbocycles. The Hall–Kier alpha value is -3.81. The summed E-state index contributed by atoms with van der Waals surface area (Å²) < 4.78 is 7.04. The van der Waals surface area contributed by atoms with Gasteiger partial charge in [0.25, 0.3) is 0 Å². The number of benzene rings is 2. The van der Waals surface area contributed by atoms with Crippen molar-refractivity contribution in [3.63, 3.8) is 0 Å². The summed E-state index contributed by atoms with van der Waals surface area (Å²) in [5.74, 6) is 0.331. The second-order valence-corrected chi connectivity index (χ2v) is 5.99. The van der Waals surface area contributed by atoms with E-state index in [1.54, 1.807) is 10.7 Å². The summed E-state index contributed by atoms with van der Waals surface area (Å²) in [7, 11) is 0. The standard InChI is InChI=1S/C19H16N6O2/c1-13-9-15(7-8-17(13)25-12-20-23-24-25)21-18(26)10-16-11-27-19(22-16)14-5-3-2-4-6-14/h2-9,11-12H,10H2,1H3,(H,21,26). The summed E-state index contributed by atoms with van der Waals surface area (Å²) in [5, 5.41) is 14.0. The van der Waals surface area contributed by atoms with E-state index >= 15 is 0 Å². The highest BCUT2D eigenvalue weighted by Gasteiger charge is 2.11. The quantitative estimate of drug-likeness (QED) is 0.587. The van der Waals surface area contributed by atoms with Gasteiger partial charge < -0.3 is 9.73 Å². The van der Waals surface area contributed by atoms with Crippen LogP contribution >= 0.6 is 0 Å². The summed E-state index contributed by atoms with van der Waals surface area (Å²) in [6.07, 6.45) is 3.16. The first-order chi connectivity index (χ1) is 13.2. The molecule has 0 spiro atoms. The van der Waals surface area contributed by atoms with Gasteiger partial charge >= 0.3 is 0 Å². The monoisotopic (exact) mass is 360 g/mol. The molecule has 2 heterocycles. The van der Waals surface area contributed by atoms with E-state index in [2.05, 4.69) is 25.8 Å². The lowest BCUT2D eigenvalue weighted by molar-refractivity contribution is -0.115. The number of nitrogens with one attached hydrogen (secondary N) is 1. The SMILES string of the molecule is Cc1cc(NC(=O)Cc2coc(-c3ccccc3)n2)ccc1-n1cnnn1. The fourth-order valence-electron chi connectivity index (χ4n) is 2.73. The van der Waals surface area contributed by atoms with Crippen LogP contribution in [0.2, 0.25) is 0 Å². The van der Waals surface area contributed by atoms with Gasteiger partial charge in [0.2, 0.25) is 11.8 Å². The molecular formula is C19H16N6O2. The predicted octanol–water partition coefficient (Wildman–Crippen LogP) is 2.81. The van der Waals surface area contributed by atoms with E-state index in [4.69, 9.17) is 4.42 Å². The lowest BCUT2D eigenvalue weighted by atomic mass is 10.1. The van der Waals surface area contributed by atoms with Gasteiger partial charge in [-0.25, -0.2) is 9.67 Å². The Morgan fingerprint density at radius 2 is 2.04 bits per heavy atom. The third kappa shape index (κ3) is 3.74. The van der Waals surface area contributed by atoms with Crippen molar-refractivity contribution >= 4 is 11.6 Å². The van der Waals surface area contributed by atoms with Crippen LogP contribution in [0.1, 0.15) is 11.3 Å². The number of oxazole rings is 1. The van der Waals surface area contributed by atoms with Crippen LogP contribution < -0.4 is 5.32 Å². The number of aryl methyl sites for hydroxylation is 1. The molecule has 1 amide bonds. The maximum Gasteiger partial charge on any atom is 0.230 e. The highest BCUT2D eigenvalue weighted by atomic mass is 16.3. The number of carbonyl (C=O) groups is 1. The molecule has 0 unspecified atom stereocenters. The number of aromatic nitrogens is 5. The van der Waals surface area contributed by atoms with Crippen LogP contribution in [0.3, 0.4) is 0 Å². The Morgan fingerprint density at radius 1 is 1.19 bits per heavy atom. The number of rotatable bonds is 5. The predicted molar refractivity (Wildman–Crippen MR) is 98.2 cm³/mol. The fraction of sp³-hybridized carbons (Fsp3) is 0.105. The first kappa shape index (κ1) is 16.6. The van der Waals surface area contributed by atoms with Crippen LogP contribution in [0.5, 0.6) is 0 Å². The van der Waals surface area contributed by atoms with Gasteiger partial charge in [-0.3, -0.25) is 4.79 Å². The van der Waals surface area contributed by atoms with Gasteiger partial charge in [0.1, 0.15) is 12.6 Å². The van der Waals surface area contributed by atoms with Crippen molar-refractivity contribution in [3.05, 3.63) is 72.4 Å². The zero-order valence-electron chi connectivity index (χ0n) is 14.5. The zero-order valence-corrected chi connectivity index (χ0v) is 14.5. The number of tetrazole rings is 1. The highest BCUT2D eigenvalue weighted by Crippen LogP contribution is 2.20. The van der Waals surface area contributed by atoms with Crippen molar-refractivity contribution < 1.29 is 9.21 Å². The molecule has 27 heavy (non-hydrogen) atoms. The fourth-order valence-corrected chi connectivity index (χ4v) is 2.73. The molecule has 0 fully saturated rings. The lowest BCUT2D eigenvalue weighted by Gasteiger charge is -2.08. The largest absolute Gasteiger partial charge is 0.444 e. The van der Waals surface area contributed by atoms with Gasteiger partial charge in [-0.2, -0.15) is 0 Å². The van der Waals surface area contributed by atoms with Gasteiger partial charge in [0, 0.05) is 11.3 Å². The minimum Gasteiger partial charge on any atom is -0.444 e. The maximum atomic E-state index is 12.3. The number of hydrogen-bond donors (Lipinski definition) is 1. The molecule has 0 aliphatic heterocycles. The molecule has 4 rings (SSSR count). The summed E-state index contributed by atoms with van der Waals surface area (Å²) in [5.41, 5.74) is 3.93. The second-order valence-electron chi connectivity index (χ2n) is 5.99. The van der Waals surface area contributed by atoms with Crippen LogP contribution in [0.25, 0.3) is 17.1 Å². The lowest BCUT2D eigenvalue weighted by Crippen LogP contribution is -2.15. The topological polar surface area (TPSA) is 98.7 Å². The van der Waals surface area contributed by atoms with Crippen molar-refractivity contribution in [1.82, 2.24) is 25.2 Å². The smallest absolute Gasteiger partial charge is 0.230 e. The van der Waals surface area contributed by atoms with Crippen molar-refractivity contribution in [2.24, 2.45) is 0 Å². The molecule has 0 saturated heterocycles. The number of hydrogen-bond acceptors (Lipinski definition) is 6. The molecule has 2 aromatic carbocycles. The van der Waals surface area contributed by atoms with E-state index in [1.807, 2.05) is 49.4 Å². The summed E-state index contributed by atoms with van der Waals surface area (Å²) in [4.78, 5) is 16.7. The van der Waals surface area contributed by atoms with Crippen molar-refractivity contribution in [2.45, 2.75) is 13.3 Å². The number of carbonyl (C=O) groups excluding carboxylic acids is 1. The molecule has 0 saturated carbocycles. The van der Waals surface area contributed by atoms with E-state index in [-0.39, 0.29) is 12.3 Å². The Morgan fingerprint density at radius 3 is 2.78 bits per heavy atom. The van der Waals surface area contributed by atoms with Crippen molar-refractivity contribution in [1.29, 1.82) is 0 Å². The van der Waals surface area contributed by atoms with E-state index < -0.39 is 0 Å². The zero-order chi connectivity index (χ0) is 18.6. The van der Waals surface area contributed by atoms with Crippen LogP contribution in [0.4, 0.5) is 5.69 Å². The first-order valence-corrected chi connectivity index (χ1v) is 8.33. The highest BCUT2D eigenvalue weighted by molar-refractivity contribution is 5.92. The average Bonchev–Trinajstić information content (AvgIpc) is 3.35. The van der Waals surface area contributed by atoms with E-state index in [0.29, 0.717) is 17.3 Å². The molecule has 0 atom stereocenters. The summed E-state index contributed by atoms with van der Waals surface area (Å²) in [6, 6.07) is 15.1. The van der Waals surface area contributed by atoms with Crippen molar-refractivity contribution in [2.75, 3.05) is 5.32 Å². The average molecular weight is 360 g/mol.